The first-order valence-corrected chi connectivity index (χ1v) is 8.96. The Bertz CT molecular complexity index is 520. The van der Waals surface area contributed by atoms with Crippen molar-refractivity contribution in [3.8, 4) is 0 Å². The lowest BCUT2D eigenvalue weighted by Crippen LogP contribution is -2.23. The van der Waals surface area contributed by atoms with E-state index in [1.165, 1.54) is 6.92 Å². The van der Waals surface area contributed by atoms with E-state index in [0.717, 1.165) is 22.9 Å². The highest BCUT2D eigenvalue weighted by Gasteiger charge is 2.25. The average molecular weight is 339 g/mol. The summed E-state index contributed by atoms with van der Waals surface area (Å²) < 4.78 is 0. The Morgan fingerprint density at radius 3 is 1.78 bits per heavy atom. The summed E-state index contributed by atoms with van der Waals surface area (Å²) in [6.07, 6.45) is -1.96. The van der Waals surface area contributed by atoms with Gasteiger partial charge in [0.2, 0.25) is 0 Å². The zero-order valence-corrected chi connectivity index (χ0v) is 16.1. The van der Waals surface area contributed by atoms with Gasteiger partial charge in [-0.1, -0.05) is 71.5 Å². The van der Waals surface area contributed by atoms with Crippen molar-refractivity contribution in [1.29, 1.82) is 0 Å². The number of benzene rings is 1. The van der Waals surface area contributed by atoms with E-state index in [1.807, 2.05) is 12.1 Å². The van der Waals surface area contributed by atoms with E-state index in [0.29, 0.717) is 5.56 Å². The molecule has 1 rings (SSSR count). The maximum absolute atomic E-state index is 11.0. The minimum atomic E-state index is -0.995. The molecule has 0 aliphatic heterocycles. The molecule has 0 saturated carbocycles. The highest BCUT2D eigenvalue weighted by atomic mass is 32.2. The lowest BCUT2D eigenvalue weighted by molar-refractivity contribution is -0.109. The van der Waals surface area contributed by atoms with Crippen molar-refractivity contribution in [3.63, 3.8) is 0 Å². The van der Waals surface area contributed by atoms with E-state index in [2.05, 4.69) is 47.6 Å². The lowest BCUT2D eigenvalue weighted by Gasteiger charge is -2.28. The highest BCUT2D eigenvalue weighted by Crippen LogP contribution is 2.33. The number of hydrogen-bond acceptors (Lipinski definition) is 4. The second kappa shape index (κ2) is 7.37. The van der Waals surface area contributed by atoms with Crippen LogP contribution in [0, 0.1) is 0 Å². The minimum absolute atomic E-state index is 0.0468. The number of carbonyl (C=O) groups is 1. The Morgan fingerprint density at radius 2 is 1.43 bits per heavy atom. The molecule has 2 atom stereocenters. The van der Waals surface area contributed by atoms with Gasteiger partial charge >= 0.3 is 0 Å². The van der Waals surface area contributed by atoms with E-state index in [-0.39, 0.29) is 21.7 Å². The van der Waals surface area contributed by atoms with Crippen LogP contribution >= 0.6 is 11.8 Å². The summed E-state index contributed by atoms with van der Waals surface area (Å²) in [5.74, 6) is 0.196. The molecule has 0 radical (unpaired) electrons. The third kappa shape index (κ3) is 5.94. The van der Waals surface area contributed by atoms with Crippen molar-refractivity contribution < 1.29 is 15.0 Å². The van der Waals surface area contributed by atoms with Gasteiger partial charge in [-0.05, 0) is 27.5 Å². The lowest BCUT2D eigenvalue weighted by atomic mass is 9.79. The number of thioether (sulfide) groups is 1. The van der Waals surface area contributed by atoms with Crippen LogP contribution in [0.5, 0.6) is 0 Å². The maximum Gasteiger partial charge on any atom is 0.185 e. The van der Waals surface area contributed by atoms with Crippen molar-refractivity contribution in [2.24, 2.45) is 0 Å². The number of aliphatic hydroxyl groups is 2. The molecule has 23 heavy (non-hydrogen) atoms. The Kier molecular flexibility index (Phi) is 6.47. The van der Waals surface area contributed by atoms with Crippen LogP contribution in [0.3, 0.4) is 0 Å². The van der Waals surface area contributed by atoms with E-state index >= 15 is 0 Å². The summed E-state index contributed by atoms with van der Waals surface area (Å²) in [6.45, 7) is 14.3. The fraction of sp³-hybridized carbons (Fsp3) is 0.632. The third-order valence-corrected chi connectivity index (χ3v) is 4.77. The topological polar surface area (TPSA) is 57.5 Å². The van der Waals surface area contributed by atoms with Crippen molar-refractivity contribution in [3.05, 3.63) is 34.9 Å². The maximum atomic E-state index is 11.0. The summed E-state index contributed by atoms with van der Waals surface area (Å²) in [5.41, 5.74) is 2.87. The Labute approximate surface area is 144 Å². The van der Waals surface area contributed by atoms with Gasteiger partial charge in [0.1, 0.15) is 6.10 Å². The molecule has 0 bridgehead atoms. The smallest absolute Gasteiger partial charge is 0.185 e. The highest BCUT2D eigenvalue weighted by molar-refractivity contribution is 8.13. The SMILES string of the molecule is CC(=O)SCC(O)C(O)c1cc(C(C)(C)C)cc(C(C)(C)C)c1. The fourth-order valence-electron chi connectivity index (χ4n) is 2.20. The predicted octanol–water partition coefficient (Wildman–Crippen LogP) is 3.96. The molecule has 0 spiro atoms. The molecule has 0 aromatic heterocycles. The largest absolute Gasteiger partial charge is 0.389 e. The summed E-state index contributed by atoms with van der Waals surface area (Å²) >= 11 is 1.03. The molecule has 130 valence electrons. The molecule has 1 aromatic carbocycles. The minimum Gasteiger partial charge on any atom is -0.389 e. The fourth-order valence-corrected chi connectivity index (χ4v) is 2.79. The first-order chi connectivity index (χ1) is 10.3. The van der Waals surface area contributed by atoms with Gasteiger partial charge in [0.05, 0.1) is 6.10 Å². The molecule has 2 unspecified atom stereocenters. The molecular formula is C19H30O3S. The second-order valence-corrected chi connectivity index (χ2v) is 9.36. The quantitative estimate of drug-likeness (QED) is 0.872. The second-order valence-electron chi connectivity index (χ2n) is 8.16. The Morgan fingerprint density at radius 1 is 1.00 bits per heavy atom. The van der Waals surface area contributed by atoms with Crippen LogP contribution in [-0.2, 0) is 15.6 Å². The third-order valence-electron chi connectivity index (χ3n) is 3.85. The molecule has 0 saturated heterocycles. The molecule has 0 aliphatic rings. The van der Waals surface area contributed by atoms with Crippen LogP contribution in [0.15, 0.2) is 18.2 Å². The van der Waals surface area contributed by atoms with Gasteiger partial charge in [-0.25, -0.2) is 0 Å². The normalized spacial score (nSPS) is 15.3. The summed E-state index contributed by atoms with van der Waals surface area (Å²) in [5, 5.41) is 20.6. The summed E-state index contributed by atoms with van der Waals surface area (Å²) in [4.78, 5) is 11.0. The van der Waals surface area contributed by atoms with Crippen LogP contribution in [0.25, 0.3) is 0 Å². The number of carbonyl (C=O) groups excluding carboxylic acids is 1. The van der Waals surface area contributed by atoms with Gasteiger partial charge in [0, 0.05) is 12.7 Å². The van der Waals surface area contributed by atoms with Crippen LogP contribution in [0.1, 0.15) is 71.3 Å². The van der Waals surface area contributed by atoms with Gasteiger partial charge in [-0.15, -0.1) is 0 Å². The van der Waals surface area contributed by atoms with E-state index in [9.17, 15) is 15.0 Å². The number of rotatable bonds is 4. The molecule has 0 heterocycles. The first-order valence-electron chi connectivity index (χ1n) is 7.98. The van der Waals surface area contributed by atoms with Crippen molar-refractivity contribution in [2.45, 2.75) is 71.5 Å². The zero-order valence-electron chi connectivity index (χ0n) is 15.3. The van der Waals surface area contributed by atoms with Crippen LogP contribution in [-0.4, -0.2) is 27.2 Å². The van der Waals surface area contributed by atoms with Gasteiger partial charge in [-0.3, -0.25) is 4.79 Å². The van der Waals surface area contributed by atoms with Crippen LogP contribution in [0.4, 0.5) is 0 Å². The van der Waals surface area contributed by atoms with E-state index in [1.54, 1.807) is 0 Å². The van der Waals surface area contributed by atoms with E-state index < -0.39 is 12.2 Å². The molecular weight excluding hydrogens is 308 g/mol. The van der Waals surface area contributed by atoms with Gasteiger partial charge < -0.3 is 10.2 Å². The molecule has 0 amide bonds. The molecule has 2 N–H and O–H groups in total. The van der Waals surface area contributed by atoms with Crippen molar-refractivity contribution >= 4 is 16.9 Å². The predicted molar refractivity (Wildman–Crippen MR) is 97.9 cm³/mol. The Hall–Kier alpha value is -0.840. The number of hydrogen-bond donors (Lipinski definition) is 2. The van der Waals surface area contributed by atoms with Gasteiger partial charge in [0.25, 0.3) is 0 Å². The van der Waals surface area contributed by atoms with Gasteiger partial charge in [-0.2, -0.15) is 0 Å². The summed E-state index contributed by atoms with van der Waals surface area (Å²) in [7, 11) is 0. The molecule has 1 aromatic rings. The van der Waals surface area contributed by atoms with Crippen molar-refractivity contribution in [2.75, 3.05) is 5.75 Å². The monoisotopic (exact) mass is 338 g/mol. The standard InChI is InChI=1S/C19H30O3S/c1-12(20)23-11-16(21)17(22)13-8-14(18(2,3)4)10-15(9-13)19(5,6)7/h8-10,16-17,21-22H,11H2,1-7H3. The van der Waals surface area contributed by atoms with E-state index in [4.69, 9.17) is 0 Å². The molecule has 0 aliphatic carbocycles. The Balaban J connectivity index is 3.21. The van der Waals surface area contributed by atoms with Gasteiger partial charge in [0.15, 0.2) is 5.12 Å². The molecule has 3 nitrogen and oxygen atoms in total. The first kappa shape index (κ1) is 20.2. The molecule has 0 fully saturated rings. The number of aliphatic hydroxyl groups excluding tert-OH is 2. The van der Waals surface area contributed by atoms with Crippen molar-refractivity contribution in [1.82, 2.24) is 0 Å². The average Bonchev–Trinajstić information content (AvgIpc) is 2.41. The van der Waals surface area contributed by atoms with Crippen LogP contribution in [0.2, 0.25) is 0 Å². The molecule has 4 heteroatoms. The summed E-state index contributed by atoms with van der Waals surface area (Å²) in [6, 6.07) is 6.09. The van der Waals surface area contributed by atoms with Crippen LogP contribution < -0.4 is 0 Å². The zero-order chi connectivity index (χ0) is 18.0.